The van der Waals surface area contributed by atoms with Crippen molar-refractivity contribution >= 4 is 5.91 Å². The second-order valence-corrected chi connectivity index (χ2v) is 7.75. The lowest BCUT2D eigenvalue weighted by molar-refractivity contribution is -0.142. The lowest BCUT2D eigenvalue weighted by atomic mass is 9.47. The fraction of sp³-hybridized carbons (Fsp3) is 0.765. The van der Waals surface area contributed by atoms with Gasteiger partial charge in [-0.2, -0.15) is 5.26 Å². The van der Waals surface area contributed by atoms with Crippen LogP contribution < -0.4 is 5.73 Å². The molecule has 5 aliphatic rings. The van der Waals surface area contributed by atoms with Crippen LogP contribution in [0.2, 0.25) is 0 Å². The van der Waals surface area contributed by atoms with Gasteiger partial charge in [0.2, 0.25) is 5.91 Å². The lowest BCUT2D eigenvalue weighted by Gasteiger charge is -2.58. The topological polar surface area (TPSA) is 70.1 Å². The van der Waals surface area contributed by atoms with Crippen molar-refractivity contribution in [2.24, 2.45) is 28.9 Å². The Labute approximate surface area is 126 Å². The lowest BCUT2D eigenvalue weighted by Crippen LogP contribution is -2.60. The van der Waals surface area contributed by atoms with Crippen LogP contribution in [0.5, 0.6) is 0 Å². The predicted octanol–water partition coefficient (Wildman–Crippen LogP) is 1.82. The Morgan fingerprint density at radius 3 is 2.33 bits per heavy atom. The molecule has 21 heavy (non-hydrogen) atoms. The molecule has 4 saturated carbocycles. The van der Waals surface area contributed by atoms with Crippen LogP contribution >= 0.6 is 0 Å². The largest absolute Gasteiger partial charge is 0.319 e. The van der Waals surface area contributed by atoms with Crippen molar-refractivity contribution < 1.29 is 4.79 Å². The Morgan fingerprint density at radius 2 is 1.81 bits per heavy atom. The highest BCUT2D eigenvalue weighted by molar-refractivity contribution is 5.84. The molecular weight excluding hydrogens is 262 g/mol. The summed E-state index contributed by atoms with van der Waals surface area (Å²) in [6.07, 6.45) is 11.2. The molecule has 4 bridgehead atoms. The third-order valence-electron chi connectivity index (χ3n) is 6.38. The van der Waals surface area contributed by atoms with Crippen molar-refractivity contribution in [1.82, 2.24) is 4.90 Å². The molecule has 0 aromatic carbocycles. The fourth-order valence-electron chi connectivity index (χ4n) is 5.86. The van der Waals surface area contributed by atoms with Crippen molar-refractivity contribution in [2.75, 3.05) is 6.54 Å². The SMILES string of the molecule is N#C[C@@H]1C=CCN1C(=O)[C@@H](N)C12CC3CC(CC(C3)C1)C2. The molecule has 1 heterocycles. The molecule has 2 N–H and O–H groups in total. The number of hydrogen-bond donors (Lipinski definition) is 1. The van der Waals surface area contributed by atoms with Crippen molar-refractivity contribution in [3.63, 3.8) is 0 Å². The summed E-state index contributed by atoms with van der Waals surface area (Å²) in [7, 11) is 0. The van der Waals surface area contributed by atoms with E-state index in [1.807, 2.05) is 12.2 Å². The van der Waals surface area contributed by atoms with E-state index in [2.05, 4.69) is 6.07 Å². The van der Waals surface area contributed by atoms with Crippen LogP contribution in [0.3, 0.4) is 0 Å². The normalized spacial score (nSPS) is 44.9. The maximum Gasteiger partial charge on any atom is 0.241 e. The van der Waals surface area contributed by atoms with Crippen molar-refractivity contribution in [3.8, 4) is 6.07 Å². The molecule has 5 rings (SSSR count). The van der Waals surface area contributed by atoms with Crippen LogP contribution in [-0.2, 0) is 4.79 Å². The summed E-state index contributed by atoms with van der Waals surface area (Å²) in [4.78, 5) is 14.5. The Bertz CT molecular complexity index is 497. The number of nitriles is 1. The molecule has 0 spiro atoms. The molecular formula is C17H23N3O. The maximum atomic E-state index is 12.8. The Balaban J connectivity index is 1.56. The highest BCUT2D eigenvalue weighted by Gasteiger charge is 2.55. The van der Waals surface area contributed by atoms with Gasteiger partial charge >= 0.3 is 0 Å². The van der Waals surface area contributed by atoms with Gasteiger partial charge in [0.05, 0.1) is 12.1 Å². The molecule has 0 saturated heterocycles. The van der Waals surface area contributed by atoms with Gasteiger partial charge < -0.3 is 10.6 Å². The number of carbonyl (C=O) groups excluding carboxylic acids is 1. The van der Waals surface area contributed by atoms with Crippen LogP contribution in [-0.4, -0.2) is 29.4 Å². The molecule has 4 nitrogen and oxygen atoms in total. The number of nitrogens with two attached hydrogens (primary N) is 1. The number of rotatable bonds is 2. The molecule has 0 aromatic heterocycles. The highest BCUT2D eigenvalue weighted by Crippen LogP contribution is 2.61. The average molecular weight is 285 g/mol. The first kappa shape index (κ1) is 13.3. The summed E-state index contributed by atoms with van der Waals surface area (Å²) in [5, 5.41) is 9.17. The van der Waals surface area contributed by atoms with Gasteiger partial charge in [0.25, 0.3) is 0 Å². The third kappa shape index (κ3) is 1.94. The molecule has 4 aliphatic carbocycles. The molecule has 4 heteroatoms. The summed E-state index contributed by atoms with van der Waals surface area (Å²) in [6.45, 7) is 0.539. The molecule has 1 amide bonds. The molecule has 0 aromatic rings. The smallest absolute Gasteiger partial charge is 0.241 e. The number of hydrogen-bond acceptors (Lipinski definition) is 3. The first-order chi connectivity index (χ1) is 10.1. The molecule has 112 valence electrons. The van der Waals surface area contributed by atoms with Crippen LogP contribution in [0.15, 0.2) is 12.2 Å². The number of amides is 1. The van der Waals surface area contributed by atoms with E-state index in [1.165, 1.54) is 19.3 Å². The van der Waals surface area contributed by atoms with E-state index >= 15 is 0 Å². The van der Waals surface area contributed by atoms with Gasteiger partial charge in [0, 0.05) is 6.54 Å². The minimum atomic E-state index is -0.419. The second-order valence-electron chi connectivity index (χ2n) is 7.75. The van der Waals surface area contributed by atoms with Crippen LogP contribution in [0.25, 0.3) is 0 Å². The fourth-order valence-corrected chi connectivity index (χ4v) is 5.86. The summed E-state index contributed by atoms with van der Waals surface area (Å²) < 4.78 is 0. The zero-order chi connectivity index (χ0) is 14.6. The Kier molecular flexibility index (Phi) is 2.91. The average Bonchev–Trinajstić information content (AvgIpc) is 2.92. The van der Waals surface area contributed by atoms with Gasteiger partial charge in [-0.25, -0.2) is 0 Å². The zero-order valence-electron chi connectivity index (χ0n) is 12.4. The second kappa shape index (κ2) is 4.58. The van der Waals surface area contributed by atoms with Gasteiger partial charge in [-0.3, -0.25) is 4.79 Å². The molecule has 2 atom stereocenters. The maximum absolute atomic E-state index is 12.8. The third-order valence-corrected chi connectivity index (χ3v) is 6.38. The summed E-state index contributed by atoms with van der Waals surface area (Å²) in [5.41, 5.74) is 6.51. The van der Waals surface area contributed by atoms with Gasteiger partial charge in [-0.15, -0.1) is 0 Å². The van der Waals surface area contributed by atoms with Gasteiger partial charge in [-0.05, 0) is 67.8 Å². The van der Waals surface area contributed by atoms with Crippen LogP contribution in [0.4, 0.5) is 0 Å². The summed E-state index contributed by atoms with van der Waals surface area (Å²) >= 11 is 0. The van der Waals surface area contributed by atoms with E-state index < -0.39 is 12.1 Å². The minimum absolute atomic E-state index is 0.00602. The summed E-state index contributed by atoms with van der Waals surface area (Å²) in [6, 6.07) is 1.35. The first-order valence-corrected chi connectivity index (χ1v) is 8.23. The van der Waals surface area contributed by atoms with Crippen LogP contribution in [0.1, 0.15) is 38.5 Å². The van der Waals surface area contributed by atoms with Gasteiger partial charge in [0.1, 0.15) is 6.04 Å². The molecule has 0 unspecified atom stereocenters. The van der Waals surface area contributed by atoms with Crippen LogP contribution in [0, 0.1) is 34.5 Å². The standard InChI is InChI=1S/C17H23N3O/c18-10-14-2-1-3-20(14)16(21)15(19)17-7-11-4-12(8-17)6-13(5-11)9-17/h1-2,11-15H,3-9,19H2/t11?,12?,13?,14-,15+,17?/m0/s1. The molecule has 1 aliphatic heterocycles. The van der Waals surface area contributed by atoms with Crippen molar-refractivity contribution in [3.05, 3.63) is 12.2 Å². The molecule has 0 radical (unpaired) electrons. The Morgan fingerprint density at radius 1 is 1.24 bits per heavy atom. The Hall–Kier alpha value is -1.34. The van der Waals surface area contributed by atoms with Gasteiger partial charge in [0.15, 0.2) is 0 Å². The quantitative estimate of drug-likeness (QED) is 0.787. The van der Waals surface area contributed by atoms with E-state index in [-0.39, 0.29) is 11.3 Å². The van der Waals surface area contributed by atoms with Gasteiger partial charge in [-0.1, -0.05) is 6.08 Å². The van der Waals surface area contributed by atoms with E-state index in [0.29, 0.717) is 6.54 Å². The van der Waals surface area contributed by atoms with Crippen molar-refractivity contribution in [1.29, 1.82) is 5.26 Å². The zero-order valence-corrected chi connectivity index (χ0v) is 12.4. The minimum Gasteiger partial charge on any atom is -0.319 e. The van der Waals surface area contributed by atoms with E-state index in [4.69, 9.17) is 11.0 Å². The van der Waals surface area contributed by atoms with E-state index in [1.54, 1.807) is 4.90 Å². The first-order valence-electron chi connectivity index (χ1n) is 8.23. The van der Waals surface area contributed by atoms with E-state index in [9.17, 15) is 4.79 Å². The predicted molar refractivity (Wildman–Crippen MR) is 78.8 cm³/mol. The number of nitrogens with zero attached hydrogens (tertiary/aromatic N) is 2. The number of carbonyl (C=O) groups is 1. The highest BCUT2D eigenvalue weighted by atomic mass is 16.2. The summed E-state index contributed by atoms with van der Waals surface area (Å²) in [5.74, 6) is 2.37. The molecule has 4 fully saturated rings. The monoisotopic (exact) mass is 285 g/mol. The van der Waals surface area contributed by atoms with E-state index in [0.717, 1.165) is 37.0 Å². The van der Waals surface area contributed by atoms with Crippen molar-refractivity contribution in [2.45, 2.75) is 50.6 Å².